The Kier molecular flexibility index (Phi) is 3.85. The Morgan fingerprint density at radius 3 is 2.65 bits per heavy atom. The summed E-state index contributed by atoms with van der Waals surface area (Å²) in [6.07, 6.45) is 0.941. The second-order valence-electron chi connectivity index (χ2n) is 6.16. The predicted molar refractivity (Wildman–Crippen MR) is 77.4 cm³/mol. The summed E-state index contributed by atoms with van der Waals surface area (Å²) in [7, 11) is 0. The highest BCUT2D eigenvalue weighted by Crippen LogP contribution is 2.33. The van der Waals surface area contributed by atoms with E-state index in [-0.39, 0.29) is 0 Å². The van der Waals surface area contributed by atoms with Crippen LogP contribution in [0.2, 0.25) is 0 Å². The number of hydrogen-bond acceptors (Lipinski definition) is 4. The normalized spacial score (nSPS) is 21.7. The maximum Gasteiger partial charge on any atom is 0.161 e. The van der Waals surface area contributed by atoms with E-state index in [4.69, 9.17) is 14.2 Å². The zero-order chi connectivity index (χ0) is 14.0. The third-order valence-corrected chi connectivity index (χ3v) is 4.01. The first kappa shape index (κ1) is 13.7. The minimum Gasteiger partial charge on any atom is -0.490 e. The Hall–Kier alpha value is -1.26. The number of nitrogens with one attached hydrogen (secondary N) is 1. The molecule has 2 aliphatic rings. The van der Waals surface area contributed by atoms with E-state index in [1.807, 2.05) is 6.07 Å². The Balaban J connectivity index is 1.65. The average molecular weight is 277 g/mol. The van der Waals surface area contributed by atoms with Crippen molar-refractivity contribution in [2.75, 3.05) is 33.0 Å². The summed E-state index contributed by atoms with van der Waals surface area (Å²) >= 11 is 0. The van der Waals surface area contributed by atoms with E-state index < -0.39 is 0 Å². The van der Waals surface area contributed by atoms with Crippen molar-refractivity contribution in [1.82, 2.24) is 5.32 Å². The monoisotopic (exact) mass is 277 g/mol. The topological polar surface area (TPSA) is 39.7 Å². The Bertz CT molecular complexity index is 471. The Morgan fingerprint density at radius 1 is 1.20 bits per heavy atom. The molecule has 2 heterocycles. The molecule has 4 nitrogen and oxygen atoms in total. The molecule has 1 aromatic rings. The molecule has 1 unspecified atom stereocenters. The van der Waals surface area contributed by atoms with Gasteiger partial charge in [-0.2, -0.15) is 0 Å². The van der Waals surface area contributed by atoms with Crippen molar-refractivity contribution in [3.05, 3.63) is 23.8 Å². The molecule has 1 aromatic carbocycles. The first-order chi connectivity index (χ1) is 9.66. The average Bonchev–Trinajstić information content (AvgIpc) is 2.67. The fourth-order valence-electron chi connectivity index (χ4n) is 2.52. The number of ether oxygens (including phenoxy) is 3. The van der Waals surface area contributed by atoms with Crippen molar-refractivity contribution in [3.8, 4) is 11.5 Å². The van der Waals surface area contributed by atoms with E-state index in [2.05, 4.69) is 31.3 Å². The van der Waals surface area contributed by atoms with Crippen molar-refractivity contribution in [3.63, 3.8) is 0 Å². The third kappa shape index (κ3) is 2.91. The first-order valence-corrected chi connectivity index (χ1v) is 7.37. The maximum atomic E-state index is 5.74. The highest BCUT2D eigenvalue weighted by Gasteiger charge is 2.33. The van der Waals surface area contributed by atoms with Gasteiger partial charge in [-0.3, -0.25) is 0 Å². The van der Waals surface area contributed by atoms with Crippen LogP contribution in [0.15, 0.2) is 18.2 Å². The molecule has 1 atom stereocenters. The van der Waals surface area contributed by atoms with E-state index in [0.29, 0.717) is 11.5 Å². The molecule has 0 spiro atoms. The molecular weight excluding hydrogens is 254 g/mol. The lowest BCUT2D eigenvalue weighted by Crippen LogP contribution is -2.47. The standard InChI is InChI=1S/C16H23NO3/c1-12(17-9-16(2)10-18-11-16)13-4-5-14-15(8-13)20-7-3-6-19-14/h4-5,8,12,17H,3,6-7,9-11H2,1-2H3. The SMILES string of the molecule is CC(NCC1(C)COC1)c1ccc2c(c1)OCCCO2. The molecule has 3 rings (SSSR count). The van der Waals surface area contributed by atoms with E-state index in [1.165, 1.54) is 5.56 Å². The van der Waals surface area contributed by atoms with E-state index in [9.17, 15) is 0 Å². The lowest BCUT2D eigenvalue weighted by Gasteiger charge is -2.39. The quantitative estimate of drug-likeness (QED) is 0.918. The summed E-state index contributed by atoms with van der Waals surface area (Å²) in [6, 6.07) is 6.52. The molecule has 20 heavy (non-hydrogen) atoms. The van der Waals surface area contributed by atoms with Crippen LogP contribution in [0.5, 0.6) is 11.5 Å². The van der Waals surface area contributed by atoms with Crippen LogP contribution in [0.25, 0.3) is 0 Å². The van der Waals surface area contributed by atoms with E-state index in [1.54, 1.807) is 0 Å². The molecule has 2 aliphatic heterocycles. The summed E-state index contributed by atoms with van der Waals surface area (Å²) in [6.45, 7) is 8.59. The summed E-state index contributed by atoms with van der Waals surface area (Å²) in [5.41, 5.74) is 1.53. The van der Waals surface area contributed by atoms with Crippen LogP contribution in [-0.4, -0.2) is 33.0 Å². The predicted octanol–water partition coefficient (Wildman–Crippen LogP) is 2.54. The van der Waals surface area contributed by atoms with Crippen LogP contribution < -0.4 is 14.8 Å². The Labute approximate surface area is 120 Å². The van der Waals surface area contributed by atoms with Crippen molar-refractivity contribution < 1.29 is 14.2 Å². The van der Waals surface area contributed by atoms with Crippen LogP contribution in [0.3, 0.4) is 0 Å². The van der Waals surface area contributed by atoms with Crippen molar-refractivity contribution >= 4 is 0 Å². The minimum absolute atomic E-state index is 0.291. The molecule has 0 aromatic heterocycles. The van der Waals surface area contributed by atoms with Gasteiger partial charge in [-0.05, 0) is 24.6 Å². The molecule has 0 radical (unpaired) electrons. The molecule has 4 heteroatoms. The van der Waals surface area contributed by atoms with Gasteiger partial charge >= 0.3 is 0 Å². The van der Waals surface area contributed by atoms with Gasteiger partial charge in [0, 0.05) is 24.4 Å². The Morgan fingerprint density at radius 2 is 1.95 bits per heavy atom. The molecule has 0 bridgehead atoms. The smallest absolute Gasteiger partial charge is 0.161 e. The highest BCUT2D eigenvalue weighted by molar-refractivity contribution is 5.44. The molecular formula is C16H23NO3. The number of hydrogen-bond donors (Lipinski definition) is 1. The summed E-state index contributed by atoms with van der Waals surface area (Å²) in [5.74, 6) is 1.73. The molecule has 0 amide bonds. The van der Waals surface area contributed by atoms with E-state index in [0.717, 1.165) is 50.9 Å². The second kappa shape index (κ2) is 5.62. The fraction of sp³-hybridized carbons (Fsp3) is 0.625. The van der Waals surface area contributed by atoms with Crippen LogP contribution in [0.4, 0.5) is 0 Å². The molecule has 0 saturated carbocycles. The van der Waals surface area contributed by atoms with E-state index >= 15 is 0 Å². The van der Waals surface area contributed by atoms with Gasteiger partial charge in [0.25, 0.3) is 0 Å². The fourth-order valence-corrected chi connectivity index (χ4v) is 2.52. The van der Waals surface area contributed by atoms with Gasteiger partial charge in [0.1, 0.15) is 0 Å². The summed E-state index contributed by atoms with van der Waals surface area (Å²) in [5, 5.41) is 3.59. The maximum absolute atomic E-state index is 5.74. The van der Waals surface area contributed by atoms with Gasteiger partial charge in [0.05, 0.1) is 26.4 Å². The molecule has 1 N–H and O–H groups in total. The first-order valence-electron chi connectivity index (χ1n) is 7.37. The van der Waals surface area contributed by atoms with Gasteiger partial charge in [-0.15, -0.1) is 0 Å². The molecule has 1 fully saturated rings. The molecule has 0 aliphatic carbocycles. The summed E-state index contributed by atoms with van der Waals surface area (Å²) in [4.78, 5) is 0. The van der Waals surface area contributed by atoms with Gasteiger partial charge in [0.2, 0.25) is 0 Å². The van der Waals surface area contributed by atoms with Gasteiger partial charge < -0.3 is 19.5 Å². The molecule has 1 saturated heterocycles. The van der Waals surface area contributed by atoms with Gasteiger partial charge in [-0.1, -0.05) is 13.0 Å². The van der Waals surface area contributed by atoms with Crippen LogP contribution >= 0.6 is 0 Å². The highest BCUT2D eigenvalue weighted by atomic mass is 16.5. The van der Waals surface area contributed by atoms with Crippen molar-refractivity contribution in [2.24, 2.45) is 5.41 Å². The second-order valence-corrected chi connectivity index (χ2v) is 6.16. The van der Waals surface area contributed by atoms with Crippen molar-refractivity contribution in [2.45, 2.75) is 26.3 Å². The number of rotatable bonds is 4. The zero-order valence-electron chi connectivity index (χ0n) is 12.3. The summed E-state index contributed by atoms with van der Waals surface area (Å²) < 4.78 is 16.7. The minimum atomic E-state index is 0.291. The lowest BCUT2D eigenvalue weighted by molar-refractivity contribution is -0.0999. The van der Waals surface area contributed by atoms with Crippen LogP contribution in [0.1, 0.15) is 31.9 Å². The van der Waals surface area contributed by atoms with Crippen LogP contribution in [-0.2, 0) is 4.74 Å². The van der Waals surface area contributed by atoms with Crippen LogP contribution in [0, 0.1) is 5.41 Å². The number of benzene rings is 1. The van der Waals surface area contributed by atoms with Gasteiger partial charge in [0.15, 0.2) is 11.5 Å². The van der Waals surface area contributed by atoms with Gasteiger partial charge in [-0.25, -0.2) is 0 Å². The number of fused-ring (bicyclic) bond motifs is 1. The largest absolute Gasteiger partial charge is 0.490 e. The zero-order valence-corrected chi connectivity index (χ0v) is 12.3. The third-order valence-electron chi connectivity index (χ3n) is 4.01. The molecule has 110 valence electrons. The van der Waals surface area contributed by atoms with Crippen molar-refractivity contribution in [1.29, 1.82) is 0 Å². The lowest BCUT2D eigenvalue weighted by atomic mass is 9.88.